The summed E-state index contributed by atoms with van der Waals surface area (Å²) in [5, 5.41) is 9.96. The Hall–Kier alpha value is -3.81. The molecule has 2 aromatic heterocycles. The van der Waals surface area contributed by atoms with Crippen molar-refractivity contribution in [2.45, 2.75) is 38.8 Å². The zero-order chi connectivity index (χ0) is 25.1. The highest BCUT2D eigenvalue weighted by atomic mass is 16.5. The smallest absolute Gasteiger partial charge is 0.267 e. The van der Waals surface area contributed by atoms with Crippen molar-refractivity contribution in [3.63, 3.8) is 0 Å². The molecule has 0 saturated carbocycles. The van der Waals surface area contributed by atoms with E-state index in [9.17, 15) is 4.79 Å². The van der Waals surface area contributed by atoms with Gasteiger partial charge in [0.1, 0.15) is 5.75 Å². The maximum Gasteiger partial charge on any atom is 0.267 e. The lowest BCUT2D eigenvalue weighted by Gasteiger charge is -2.29. The van der Waals surface area contributed by atoms with E-state index in [0.717, 1.165) is 49.2 Å². The van der Waals surface area contributed by atoms with Crippen LogP contribution < -0.4 is 10.2 Å². The summed E-state index contributed by atoms with van der Waals surface area (Å²) in [4.78, 5) is 20.8. The van der Waals surface area contributed by atoms with Crippen molar-refractivity contribution in [3.05, 3.63) is 94.4 Å². The van der Waals surface area contributed by atoms with Crippen LogP contribution in [0.2, 0.25) is 0 Å². The largest absolute Gasteiger partial charge is 0.497 e. The number of nitrogens with zero attached hydrogens (tertiary/aromatic N) is 1. The summed E-state index contributed by atoms with van der Waals surface area (Å²) in [6.07, 6.45) is 8.18. The monoisotopic (exact) mass is 484 g/mol. The van der Waals surface area contributed by atoms with Gasteiger partial charge in [-0.25, -0.2) is 5.48 Å². The normalized spacial score (nSPS) is 15.2. The van der Waals surface area contributed by atoms with Crippen molar-refractivity contribution in [1.82, 2.24) is 20.3 Å². The van der Waals surface area contributed by atoms with E-state index in [4.69, 9.17) is 9.94 Å². The number of aryl methyl sites for hydroxylation is 2. The van der Waals surface area contributed by atoms with Gasteiger partial charge in [-0.15, -0.1) is 0 Å². The summed E-state index contributed by atoms with van der Waals surface area (Å²) in [5.41, 5.74) is 10.1. The first kappa shape index (κ1) is 23.9. The van der Waals surface area contributed by atoms with Gasteiger partial charge >= 0.3 is 0 Å². The second kappa shape index (κ2) is 10.4. The van der Waals surface area contributed by atoms with E-state index in [-0.39, 0.29) is 0 Å². The van der Waals surface area contributed by atoms with Crippen LogP contribution in [0.25, 0.3) is 17.0 Å². The van der Waals surface area contributed by atoms with Gasteiger partial charge in [-0.2, -0.15) is 0 Å². The number of carbonyl (C=O) groups excluding carboxylic acids is 1. The predicted octanol–water partition coefficient (Wildman–Crippen LogP) is 5.06. The van der Waals surface area contributed by atoms with Crippen molar-refractivity contribution >= 4 is 22.9 Å². The highest BCUT2D eigenvalue weighted by molar-refractivity contribution is 5.90. The molecule has 0 aliphatic heterocycles. The summed E-state index contributed by atoms with van der Waals surface area (Å²) in [6, 6.07) is 17.2. The van der Waals surface area contributed by atoms with E-state index < -0.39 is 5.91 Å². The molecule has 0 spiro atoms. The zero-order valence-electron chi connectivity index (χ0n) is 20.7. The molecule has 0 saturated heterocycles. The molecular formula is C29H32N4O3. The third-order valence-corrected chi connectivity index (χ3v) is 7.10. The van der Waals surface area contributed by atoms with Crippen molar-refractivity contribution in [2.75, 3.05) is 13.7 Å². The number of hydroxylamine groups is 1. The number of amides is 1. The number of aromatic nitrogens is 2. The lowest BCUT2D eigenvalue weighted by molar-refractivity contribution is -0.124. The van der Waals surface area contributed by atoms with E-state index in [0.29, 0.717) is 6.04 Å². The fourth-order valence-corrected chi connectivity index (χ4v) is 5.29. The maximum atomic E-state index is 11.4. The van der Waals surface area contributed by atoms with E-state index in [1.807, 2.05) is 18.2 Å². The molecular weight excluding hydrogens is 452 g/mol. The Morgan fingerprint density at radius 3 is 2.89 bits per heavy atom. The van der Waals surface area contributed by atoms with Crippen LogP contribution in [0.3, 0.4) is 0 Å². The fraction of sp³-hybridized carbons (Fsp3) is 0.276. The average Bonchev–Trinajstić information content (AvgIpc) is 3.62. The Labute approximate surface area is 210 Å². The predicted molar refractivity (Wildman–Crippen MR) is 141 cm³/mol. The van der Waals surface area contributed by atoms with Gasteiger partial charge in [-0.3, -0.25) is 14.9 Å². The number of fused-ring (bicyclic) bond motifs is 2. The quantitative estimate of drug-likeness (QED) is 0.152. The Morgan fingerprint density at radius 1 is 1.22 bits per heavy atom. The highest BCUT2D eigenvalue weighted by Gasteiger charge is 2.28. The number of carbonyl (C=O) groups is 1. The van der Waals surface area contributed by atoms with Gasteiger partial charge in [0.15, 0.2) is 0 Å². The molecule has 1 amide bonds. The van der Waals surface area contributed by atoms with Crippen LogP contribution >= 0.6 is 0 Å². The van der Waals surface area contributed by atoms with Gasteiger partial charge in [0.25, 0.3) is 5.91 Å². The minimum absolute atomic E-state index is 0.327. The molecule has 5 rings (SSSR count). The van der Waals surface area contributed by atoms with Gasteiger partial charge in [0, 0.05) is 59.8 Å². The molecule has 7 nitrogen and oxygen atoms in total. The Morgan fingerprint density at radius 2 is 2.11 bits per heavy atom. The van der Waals surface area contributed by atoms with Gasteiger partial charge < -0.3 is 14.7 Å². The SMILES string of the molecule is COc1ccc2c(CCN(Cc3ccc(C)[nH]3)C3CCc4cc(/C=C/C(=O)NO)ccc43)c[nH]c2c1. The molecule has 0 bridgehead atoms. The molecule has 4 aromatic rings. The van der Waals surface area contributed by atoms with E-state index in [1.165, 1.54) is 39.5 Å². The van der Waals surface area contributed by atoms with Crippen LogP contribution in [0.4, 0.5) is 0 Å². The summed E-state index contributed by atoms with van der Waals surface area (Å²) in [5.74, 6) is 0.324. The van der Waals surface area contributed by atoms with E-state index >= 15 is 0 Å². The summed E-state index contributed by atoms with van der Waals surface area (Å²) in [6.45, 7) is 3.87. The zero-order valence-corrected chi connectivity index (χ0v) is 20.7. The van der Waals surface area contributed by atoms with Gasteiger partial charge in [-0.1, -0.05) is 18.2 Å². The average molecular weight is 485 g/mol. The molecule has 2 aromatic carbocycles. The van der Waals surface area contributed by atoms with Crippen molar-refractivity contribution < 1.29 is 14.7 Å². The minimum Gasteiger partial charge on any atom is -0.497 e. The van der Waals surface area contributed by atoms with Crippen LogP contribution in [-0.2, 0) is 24.2 Å². The second-order valence-electron chi connectivity index (χ2n) is 9.43. The standard InChI is InChI=1S/C29H32N4O3/c1-19-3-7-23(31-19)18-33(14-13-22-17-30-27-16-24(36-2)8-10-25(22)27)28-11-6-21-15-20(4-9-26(21)28)5-12-29(34)32-35/h3-5,7-10,12,15-17,28,30-31,35H,6,11,13-14,18H2,1-2H3,(H,32,34)/b12-5+. The van der Waals surface area contributed by atoms with Crippen LogP contribution in [0.5, 0.6) is 5.75 Å². The van der Waals surface area contributed by atoms with Crippen LogP contribution in [0, 0.1) is 6.92 Å². The molecule has 186 valence electrons. The van der Waals surface area contributed by atoms with Gasteiger partial charge in [0.2, 0.25) is 0 Å². The molecule has 1 aliphatic carbocycles. The number of hydrogen-bond acceptors (Lipinski definition) is 4. The molecule has 0 fully saturated rings. The number of methoxy groups -OCH3 is 1. The molecule has 36 heavy (non-hydrogen) atoms. The second-order valence-corrected chi connectivity index (χ2v) is 9.43. The molecule has 1 aliphatic rings. The fourth-order valence-electron chi connectivity index (χ4n) is 5.29. The number of aromatic amines is 2. The molecule has 7 heteroatoms. The number of rotatable bonds is 9. The van der Waals surface area contributed by atoms with Gasteiger partial charge in [-0.05, 0) is 78.8 Å². The summed E-state index contributed by atoms with van der Waals surface area (Å²) >= 11 is 0. The summed E-state index contributed by atoms with van der Waals surface area (Å²) < 4.78 is 5.37. The Bertz CT molecular complexity index is 1400. The molecule has 2 heterocycles. The summed E-state index contributed by atoms with van der Waals surface area (Å²) in [7, 11) is 1.69. The Balaban J connectivity index is 1.38. The van der Waals surface area contributed by atoms with Crippen LogP contribution in [0.15, 0.2) is 60.8 Å². The lowest BCUT2D eigenvalue weighted by Crippen LogP contribution is -2.29. The van der Waals surface area contributed by atoms with Crippen molar-refractivity contribution in [1.29, 1.82) is 0 Å². The number of ether oxygens (including phenoxy) is 1. The number of H-pyrrole nitrogens is 2. The van der Waals surface area contributed by atoms with Crippen LogP contribution in [-0.4, -0.2) is 39.6 Å². The highest BCUT2D eigenvalue weighted by Crippen LogP contribution is 2.37. The first-order chi connectivity index (χ1) is 17.5. The topological polar surface area (TPSA) is 93.4 Å². The first-order valence-electron chi connectivity index (χ1n) is 12.3. The maximum absolute atomic E-state index is 11.4. The Kier molecular flexibility index (Phi) is 6.93. The molecule has 1 atom stereocenters. The number of nitrogens with one attached hydrogen (secondary N) is 3. The third kappa shape index (κ3) is 5.08. The van der Waals surface area contributed by atoms with Crippen LogP contribution in [0.1, 0.15) is 46.1 Å². The molecule has 4 N–H and O–H groups in total. The number of benzene rings is 2. The van der Waals surface area contributed by atoms with Crippen molar-refractivity contribution in [3.8, 4) is 5.75 Å². The van der Waals surface area contributed by atoms with E-state index in [2.05, 4.69) is 58.3 Å². The van der Waals surface area contributed by atoms with E-state index in [1.54, 1.807) is 18.7 Å². The van der Waals surface area contributed by atoms with Crippen molar-refractivity contribution in [2.24, 2.45) is 0 Å². The van der Waals surface area contributed by atoms with Gasteiger partial charge in [0.05, 0.1) is 7.11 Å². The molecule has 1 unspecified atom stereocenters. The third-order valence-electron chi connectivity index (χ3n) is 7.10. The minimum atomic E-state index is -0.531. The lowest BCUT2D eigenvalue weighted by atomic mass is 10.0. The first-order valence-corrected chi connectivity index (χ1v) is 12.3. The molecule has 0 radical (unpaired) electrons. The number of hydrogen-bond donors (Lipinski definition) is 4.